The standard InChI is InChI=1S/C20H19N3O2S/c1-13-8-9-16(12-14(13)2)23-18(15-6-4-3-5-7-15)21-22-20(23)26-17-10-11-25-19(17)24/h3-9,12,17H,10-11H2,1-2H3/t17-/m0/s1. The molecule has 1 aliphatic heterocycles. The van der Waals surface area contributed by atoms with Gasteiger partial charge in [-0.15, -0.1) is 10.2 Å². The third kappa shape index (κ3) is 3.12. The van der Waals surface area contributed by atoms with E-state index in [-0.39, 0.29) is 11.2 Å². The minimum absolute atomic E-state index is 0.175. The fourth-order valence-electron chi connectivity index (χ4n) is 2.93. The topological polar surface area (TPSA) is 57.0 Å². The molecule has 0 spiro atoms. The van der Waals surface area contributed by atoms with E-state index in [0.29, 0.717) is 18.2 Å². The predicted octanol–water partition coefficient (Wildman–Crippen LogP) is 3.96. The Morgan fingerprint density at radius 1 is 1.08 bits per heavy atom. The number of nitrogens with zero attached hydrogens (tertiary/aromatic N) is 3. The highest BCUT2D eigenvalue weighted by Crippen LogP contribution is 2.33. The van der Waals surface area contributed by atoms with E-state index in [9.17, 15) is 4.79 Å². The van der Waals surface area contributed by atoms with E-state index in [1.165, 1.54) is 22.9 Å². The normalized spacial score (nSPS) is 16.7. The summed E-state index contributed by atoms with van der Waals surface area (Å²) in [4.78, 5) is 11.9. The summed E-state index contributed by atoms with van der Waals surface area (Å²) in [6.45, 7) is 4.65. The van der Waals surface area contributed by atoms with Crippen LogP contribution in [-0.4, -0.2) is 32.6 Å². The molecule has 0 amide bonds. The van der Waals surface area contributed by atoms with Crippen molar-refractivity contribution in [3.63, 3.8) is 0 Å². The van der Waals surface area contributed by atoms with Gasteiger partial charge in [-0.05, 0) is 37.1 Å². The Morgan fingerprint density at radius 2 is 1.88 bits per heavy atom. The van der Waals surface area contributed by atoms with Gasteiger partial charge in [-0.25, -0.2) is 0 Å². The van der Waals surface area contributed by atoms with Crippen molar-refractivity contribution >= 4 is 17.7 Å². The summed E-state index contributed by atoms with van der Waals surface area (Å²) in [6, 6.07) is 16.3. The van der Waals surface area contributed by atoms with Crippen molar-refractivity contribution in [3.8, 4) is 17.1 Å². The molecule has 4 rings (SSSR count). The Labute approximate surface area is 156 Å². The molecule has 6 heteroatoms. The van der Waals surface area contributed by atoms with Gasteiger partial charge in [-0.1, -0.05) is 48.2 Å². The lowest BCUT2D eigenvalue weighted by molar-refractivity contribution is -0.137. The molecular weight excluding hydrogens is 346 g/mol. The van der Waals surface area contributed by atoms with Gasteiger partial charge in [0.1, 0.15) is 5.25 Å². The monoisotopic (exact) mass is 365 g/mol. The Bertz CT molecular complexity index is 953. The molecule has 1 saturated heterocycles. The first-order valence-electron chi connectivity index (χ1n) is 8.55. The third-order valence-electron chi connectivity index (χ3n) is 4.55. The first kappa shape index (κ1) is 16.8. The Morgan fingerprint density at radius 3 is 2.58 bits per heavy atom. The molecule has 0 unspecified atom stereocenters. The number of cyclic esters (lactones) is 1. The largest absolute Gasteiger partial charge is 0.465 e. The summed E-state index contributed by atoms with van der Waals surface area (Å²) in [5.74, 6) is 0.591. The maximum Gasteiger partial charge on any atom is 0.319 e. The number of thioether (sulfide) groups is 1. The van der Waals surface area contributed by atoms with E-state index < -0.39 is 0 Å². The van der Waals surface area contributed by atoms with Crippen molar-refractivity contribution in [2.24, 2.45) is 0 Å². The van der Waals surface area contributed by atoms with Gasteiger partial charge in [0.15, 0.2) is 11.0 Å². The van der Waals surface area contributed by atoms with Crippen molar-refractivity contribution in [1.29, 1.82) is 0 Å². The lowest BCUT2D eigenvalue weighted by Gasteiger charge is -2.13. The van der Waals surface area contributed by atoms with Crippen LogP contribution in [0.15, 0.2) is 53.7 Å². The summed E-state index contributed by atoms with van der Waals surface area (Å²) >= 11 is 1.42. The molecule has 5 nitrogen and oxygen atoms in total. The summed E-state index contributed by atoms with van der Waals surface area (Å²) in [6.07, 6.45) is 0.698. The molecule has 2 aromatic carbocycles. The zero-order valence-corrected chi connectivity index (χ0v) is 15.5. The molecule has 26 heavy (non-hydrogen) atoms. The van der Waals surface area contributed by atoms with Gasteiger partial charge in [-0.3, -0.25) is 9.36 Å². The summed E-state index contributed by atoms with van der Waals surface area (Å²) in [7, 11) is 0. The quantitative estimate of drug-likeness (QED) is 0.655. The van der Waals surface area contributed by atoms with E-state index in [4.69, 9.17) is 4.74 Å². The number of carbonyl (C=O) groups excluding carboxylic acids is 1. The number of hydrogen-bond acceptors (Lipinski definition) is 5. The Balaban J connectivity index is 1.82. The van der Waals surface area contributed by atoms with Crippen LogP contribution in [0, 0.1) is 13.8 Å². The fraction of sp³-hybridized carbons (Fsp3) is 0.250. The van der Waals surface area contributed by atoms with Crippen LogP contribution >= 0.6 is 11.8 Å². The minimum atomic E-state index is -0.229. The molecule has 0 saturated carbocycles. The van der Waals surface area contributed by atoms with E-state index >= 15 is 0 Å². The zero-order valence-electron chi connectivity index (χ0n) is 14.7. The first-order valence-corrected chi connectivity index (χ1v) is 9.43. The minimum Gasteiger partial charge on any atom is -0.465 e. The van der Waals surface area contributed by atoms with E-state index in [1.807, 2.05) is 34.9 Å². The van der Waals surface area contributed by atoms with Crippen molar-refractivity contribution in [2.45, 2.75) is 30.7 Å². The molecule has 1 atom stereocenters. The molecule has 1 aromatic heterocycles. The van der Waals surface area contributed by atoms with Gasteiger partial charge in [0.25, 0.3) is 0 Å². The average Bonchev–Trinajstić information content (AvgIpc) is 3.25. The van der Waals surface area contributed by atoms with Gasteiger partial charge in [0.05, 0.1) is 12.3 Å². The third-order valence-corrected chi connectivity index (χ3v) is 5.74. The highest BCUT2D eigenvalue weighted by Gasteiger charge is 2.30. The van der Waals surface area contributed by atoms with Crippen LogP contribution in [-0.2, 0) is 9.53 Å². The number of hydrogen-bond donors (Lipinski definition) is 0. The van der Waals surface area contributed by atoms with Gasteiger partial charge >= 0.3 is 5.97 Å². The van der Waals surface area contributed by atoms with E-state index in [2.05, 4.69) is 42.2 Å². The molecule has 132 valence electrons. The first-order chi connectivity index (χ1) is 12.6. The number of benzene rings is 2. The lowest BCUT2D eigenvalue weighted by atomic mass is 10.1. The number of aromatic nitrogens is 3. The highest BCUT2D eigenvalue weighted by atomic mass is 32.2. The SMILES string of the molecule is Cc1ccc(-n2c(S[C@H]3CCOC3=O)nnc2-c2ccccc2)cc1C. The second-order valence-corrected chi connectivity index (χ2v) is 7.51. The van der Waals surface area contributed by atoms with Crippen LogP contribution in [0.2, 0.25) is 0 Å². The molecular formula is C20H19N3O2S. The van der Waals surface area contributed by atoms with E-state index in [1.54, 1.807) is 0 Å². The Kier molecular flexibility index (Phi) is 4.51. The summed E-state index contributed by atoms with van der Waals surface area (Å²) in [5.41, 5.74) is 4.41. The zero-order chi connectivity index (χ0) is 18.1. The van der Waals surface area contributed by atoms with Crippen molar-refractivity contribution in [2.75, 3.05) is 6.61 Å². The maximum absolute atomic E-state index is 11.9. The van der Waals surface area contributed by atoms with E-state index in [0.717, 1.165) is 17.1 Å². The van der Waals surface area contributed by atoms with Gasteiger partial charge in [0, 0.05) is 12.0 Å². The fourth-order valence-corrected chi connectivity index (χ4v) is 3.95. The van der Waals surface area contributed by atoms with Gasteiger partial charge in [0.2, 0.25) is 0 Å². The molecule has 2 heterocycles. The molecule has 0 radical (unpaired) electrons. The van der Waals surface area contributed by atoms with Crippen LogP contribution < -0.4 is 0 Å². The molecule has 0 bridgehead atoms. The number of carbonyl (C=O) groups is 1. The highest BCUT2D eigenvalue weighted by molar-refractivity contribution is 8.00. The molecule has 0 N–H and O–H groups in total. The number of ether oxygens (including phenoxy) is 1. The van der Waals surface area contributed by atoms with Gasteiger partial charge in [-0.2, -0.15) is 0 Å². The van der Waals surface area contributed by atoms with Crippen LogP contribution in [0.25, 0.3) is 17.1 Å². The average molecular weight is 365 g/mol. The number of esters is 1. The van der Waals surface area contributed by atoms with Crippen molar-refractivity contribution in [1.82, 2.24) is 14.8 Å². The van der Waals surface area contributed by atoms with Crippen LogP contribution in [0.5, 0.6) is 0 Å². The maximum atomic E-state index is 11.9. The Hall–Kier alpha value is -2.60. The number of aryl methyl sites for hydroxylation is 2. The molecule has 1 aliphatic rings. The van der Waals surface area contributed by atoms with Gasteiger partial charge < -0.3 is 4.74 Å². The molecule has 0 aliphatic carbocycles. The van der Waals surface area contributed by atoms with Crippen LogP contribution in [0.3, 0.4) is 0 Å². The second-order valence-electron chi connectivity index (χ2n) is 6.34. The summed E-state index contributed by atoms with van der Waals surface area (Å²) < 4.78 is 7.12. The number of rotatable bonds is 4. The lowest BCUT2D eigenvalue weighted by Crippen LogP contribution is -2.11. The van der Waals surface area contributed by atoms with Crippen LogP contribution in [0.1, 0.15) is 17.5 Å². The predicted molar refractivity (Wildman–Crippen MR) is 101 cm³/mol. The van der Waals surface area contributed by atoms with Crippen LogP contribution in [0.4, 0.5) is 0 Å². The smallest absolute Gasteiger partial charge is 0.319 e. The van der Waals surface area contributed by atoms with Crippen molar-refractivity contribution < 1.29 is 9.53 Å². The molecule has 1 fully saturated rings. The summed E-state index contributed by atoms with van der Waals surface area (Å²) in [5, 5.41) is 9.29. The van der Waals surface area contributed by atoms with Crippen molar-refractivity contribution in [3.05, 3.63) is 59.7 Å². The molecule has 3 aromatic rings. The second kappa shape index (κ2) is 6.96.